The summed E-state index contributed by atoms with van der Waals surface area (Å²) in [6, 6.07) is 14.9. The Morgan fingerprint density at radius 1 is 1.07 bits per heavy atom. The number of ether oxygens (including phenoxy) is 2. The standard InChI is InChI=1S/C34H38N6O5/c1-3-31-35-12-15-38(31)14-11-33(42)40-20-26-24-9-10-29(44-2)30(18-24)45-16-6-13-39(22-32(41)37-28(26)21-40)34(43)27-17-23-7-4-5-8-25(23)19-36-27/h4-5,7-10,12,15,17-19,26,28H,3,6,11,13-14,16,20-22H2,1-2H3,(H,37,41)/t26-,28+/m1/s1. The number of pyridine rings is 1. The van der Waals surface area contributed by atoms with Crippen molar-refractivity contribution in [3.63, 3.8) is 0 Å². The van der Waals surface area contributed by atoms with Crippen molar-refractivity contribution in [1.82, 2.24) is 29.7 Å². The number of nitrogens with zero attached hydrogens (tertiary/aromatic N) is 5. The van der Waals surface area contributed by atoms with Crippen molar-refractivity contribution in [2.24, 2.45) is 0 Å². The largest absolute Gasteiger partial charge is 0.493 e. The molecule has 11 nitrogen and oxygen atoms in total. The van der Waals surface area contributed by atoms with Crippen molar-refractivity contribution in [1.29, 1.82) is 0 Å². The highest BCUT2D eigenvalue weighted by Crippen LogP contribution is 2.35. The highest BCUT2D eigenvalue weighted by molar-refractivity contribution is 5.98. The highest BCUT2D eigenvalue weighted by atomic mass is 16.5. The van der Waals surface area contributed by atoms with Gasteiger partial charge in [0.05, 0.1) is 26.3 Å². The lowest BCUT2D eigenvalue weighted by Gasteiger charge is -2.24. The van der Waals surface area contributed by atoms with Crippen molar-refractivity contribution in [2.45, 2.75) is 44.7 Å². The van der Waals surface area contributed by atoms with E-state index in [1.807, 2.05) is 65.1 Å². The van der Waals surface area contributed by atoms with E-state index in [0.29, 0.717) is 57.1 Å². The fourth-order valence-electron chi connectivity index (χ4n) is 6.24. The van der Waals surface area contributed by atoms with E-state index in [0.717, 1.165) is 28.6 Å². The molecule has 234 valence electrons. The Morgan fingerprint density at radius 3 is 2.73 bits per heavy atom. The minimum absolute atomic E-state index is 0.0118. The lowest BCUT2D eigenvalue weighted by atomic mass is 9.94. The first-order valence-corrected chi connectivity index (χ1v) is 15.5. The first kappa shape index (κ1) is 30.1. The second kappa shape index (κ2) is 13.4. The third-order valence-corrected chi connectivity index (χ3v) is 8.62. The molecule has 0 spiro atoms. The summed E-state index contributed by atoms with van der Waals surface area (Å²) < 4.78 is 13.7. The topological polar surface area (TPSA) is 119 Å². The van der Waals surface area contributed by atoms with Gasteiger partial charge in [-0.3, -0.25) is 19.4 Å². The van der Waals surface area contributed by atoms with E-state index in [1.54, 1.807) is 25.6 Å². The van der Waals surface area contributed by atoms with Crippen LogP contribution in [-0.4, -0.2) is 88.0 Å². The fourth-order valence-corrected chi connectivity index (χ4v) is 6.24. The number of carbonyl (C=O) groups is 3. The summed E-state index contributed by atoms with van der Waals surface area (Å²) in [5.41, 5.74) is 1.22. The second-order valence-electron chi connectivity index (χ2n) is 11.5. The second-order valence-corrected chi connectivity index (χ2v) is 11.5. The number of benzene rings is 2. The molecule has 1 N–H and O–H groups in total. The number of amides is 3. The Balaban J connectivity index is 1.23. The van der Waals surface area contributed by atoms with E-state index >= 15 is 0 Å². The number of imidazole rings is 1. The summed E-state index contributed by atoms with van der Waals surface area (Å²) in [5.74, 6) is 1.36. The van der Waals surface area contributed by atoms with Gasteiger partial charge in [-0.1, -0.05) is 37.3 Å². The monoisotopic (exact) mass is 610 g/mol. The SMILES string of the molecule is CCc1nccn1CCC(=O)N1C[C@@H]2NC(=O)CN(C(=O)c3cc4ccccc4cn3)CCCOc3cc(ccc3OC)[C@H]2C1. The van der Waals surface area contributed by atoms with Gasteiger partial charge in [-0.2, -0.15) is 0 Å². The van der Waals surface area contributed by atoms with Gasteiger partial charge >= 0.3 is 0 Å². The van der Waals surface area contributed by atoms with E-state index < -0.39 is 0 Å². The third-order valence-electron chi connectivity index (χ3n) is 8.62. The number of carbonyl (C=O) groups excluding carboxylic acids is 3. The summed E-state index contributed by atoms with van der Waals surface area (Å²) in [6.07, 6.45) is 6.95. The number of hydrogen-bond donors (Lipinski definition) is 1. The molecule has 11 heteroatoms. The van der Waals surface area contributed by atoms with Gasteiger partial charge in [0.1, 0.15) is 11.5 Å². The zero-order valence-electron chi connectivity index (χ0n) is 25.6. The zero-order chi connectivity index (χ0) is 31.3. The van der Waals surface area contributed by atoms with E-state index in [-0.39, 0.29) is 41.9 Å². The smallest absolute Gasteiger partial charge is 0.272 e. The number of aromatic nitrogens is 3. The molecular formula is C34H38N6O5. The normalized spacial score (nSPS) is 18.7. The Bertz CT molecular complexity index is 1700. The lowest BCUT2D eigenvalue weighted by molar-refractivity contribution is -0.130. The van der Waals surface area contributed by atoms with Crippen molar-refractivity contribution in [3.8, 4) is 11.5 Å². The lowest BCUT2D eigenvalue weighted by Crippen LogP contribution is -2.47. The average molecular weight is 611 g/mol. The maximum atomic E-state index is 13.7. The van der Waals surface area contributed by atoms with Crippen molar-refractivity contribution >= 4 is 28.5 Å². The Hall–Kier alpha value is -4.93. The first-order valence-electron chi connectivity index (χ1n) is 15.5. The van der Waals surface area contributed by atoms with Crippen LogP contribution in [0.25, 0.3) is 10.8 Å². The maximum Gasteiger partial charge on any atom is 0.272 e. The van der Waals surface area contributed by atoms with Crippen LogP contribution < -0.4 is 14.8 Å². The summed E-state index contributed by atoms with van der Waals surface area (Å²) in [7, 11) is 1.59. The van der Waals surface area contributed by atoms with E-state index in [4.69, 9.17) is 9.47 Å². The average Bonchev–Trinajstić information content (AvgIpc) is 3.71. The van der Waals surface area contributed by atoms with Crippen LogP contribution in [0.15, 0.2) is 67.1 Å². The van der Waals surface area contributed by atoms with Crippen molar-refractivity contribution in [2.75, 3.05) is 39.9 Å². The molecule has 0 aliphatic carbocycles. The molecule has 2 atom stereocenters. The summed E-state index contributed by atoms with van der Waals surface area (Å²) in [6.45, 7) is 3.88. The molecule has 2 aliphatic heterocycles. The van der Waals surface area contributed by atoms with Gasteiger partial charge < -0.3 is 29.2 Å². The number of methoxy groups -OCH3 is 1. The van der Waals surface area contributed by atoms with Crippen LogP contribution >= 0.6 is 0 Å². The van der Waals surface area contributed by atoms with E-state index in [2.05, 4.69) is 15.3 Å². The predicted octanol–water partition coefficient (Wildman–Crippen LogP) is 3.43. The molecule has 0 saturated carbocycles. The van der Waals surface area contributed by atoms with Gasteiger partial charge in [0, 0.05) is 68.9 Å². The number of fused-ring (bicyclic) bond motifs is 5. The van der Waals surface area contributed by atoms with Gasteiger partial charge in [0.25, 0.3) is 5.91 Å². The minimum Gasteiger partial charge on any atom is -0.493 e. The molecule has 45 heavy (non-hydrogen) atoms. The quantitative estimate of drug-likeness (QED) is 0.355. The molecule has 3 amide bonds. The highest BCUT2D eigenvalue weighted by Gasteiger charge is 2.38. The Kier molecular flexibility index (Phi) is 8.95. The first-order chi connectivity index (χ1) is 21.9. The van der Waals surface area contributed by atoms with Crippen LogP contribution in [-0.2, 0) is 22.6 Å². The fraction of sp³-hybridized carbons (Fsp3) is 0.382. The van der Waals surface area contributed by atoms with Crippen LogP contribution in [0.2, 0.25) is 0 Å². The number of nitrogens with one attached hydrogen (secondary N) is 1. The van der Waals surface area contributed by atoms with Gasteiger partial charge in [-0.25, -0.2) is 4.98 Å². The number of likely N-dealkylation sites (tertiary alicyclic amines) is 1. The van der Waals surface area contributed by atoms with Gasteiger partial charge in [-0.15, -0.1) is 0 Å². The molecular weight excluding hydrogens is 572 g/mol. The Labute approximate surface area is 262 Å². The van der Waals surface area contributed by atoms with Crippen LogP contribution in [0, 0.1) is 0 Å². The molecule has 2 aliphatic rings. The van der Waals surface area contributed by atoms with E-state index in [1.165, 1.54) is 4.90 Å². The molecule has 4 aromatic rings. The van der Waals surface area contributed by atoms with Crippen molar-refractivity contribution < 1.29 is 23.9 Å². The molecule has 2 bridgehead atoms. The van der Waals surface area contributed by atoms with Crippen LogP contribution in [0.4, 0.5) is 0 Å². The number of rotatable bonds is 6. The van der Waals surface area contributed by atoms with Crippen LogP contribution in [0.1, 0.15) is 47.6 Å². The third kappa shape index (κ3) is 6.62. The Morgan fingerprint density at radius 2 is 1.91 bits per heavy atom. The zero-order valence-corrected chi connectivity index (χ0v) is 25.6. The number of hydrogen-bond acceptors (Lipinski definition) is 7. The predicted molar refractivity (Wildman–Crippen MR) is 168 cm³/mol. The molecule has 6 rings (SSSR count). The van der Waals surface area contributed by atoms with Crippen LogP contribution in [0.3, 0.4) is 0 Å². The van der Waals surface area contributed by atoms with Crippen molar-refractivity contribution in [3.05, 3.63) is 84.2 Å². The maximum absolute atomic E-state index is 13.7. The molecule has 1 fully saturated rings. The molecule has 1 saturated heterocycles. The summed E-state index contributed by atoms with van der Waals surface area (Å²) in [4.78, 5) is 52.7. The number of aryl methyl sites for hydroxylation is 2. The van der Waals surface area contributed by atoms with Gasteiger partial charge in [0.2, 0.25) is 11.8 Å². The van der Waals surface area contributed by atoms with E-state index in [9.17, 15) is 14.4 Å². The van der Waals surface area contributed by atoms with Crippen LogP contribution in [0.5, 0.6) is 11.5 Å². The molecule has 0 unspecified atom stereocenters. The minimum atomic E-state index is -0.348. The molecule has 4 heterocycles. The van der Waals surface area contributed by atoms with Gasteiger partial charge in [0.15, 0.2) is 11.5 Å². The van der Waals surface area contributed by atoms with Gasteiger partial charge in [-0.05, 0) is 35.6 Å². The molecule has 0 radical (unpaired) electrons. The summed E-state index contributed by atoms with van der Waals surface area (Å²) in [5, 5.41) is 4.99. The molecule has 2 aromatic heterocycles. The summed E-state index contributed by atoms with van der Waals surface area (Å²) >= 11 is 0. The molecule has 2 aromatic carbocycles.